The molecule has 3 nitrogen and oxygen atoms in total. The molecule has 14 heavy (non-hydrogen) atoms. The zero-order valence-electron chi connectivity index (χ0n) is 7.15. The van der Waals surface area contributed by atoms with Gasteiger partial charge in [-0.3, -0.25) is 9.59 Å². The number of Topliss-reactive ketones (excluding diaryl/α,β-unsaturated/α-hetero) is 1. The first-order valence-electron chi connectivity index (χ1n) is 3.96. The third kappa shape index (κ3) is 1.50. The molecule has 0 unspecified atom stereocenters. The van der Waals surface area contributed by atoms with Crippen molar-refractivity contribution in [2.24, 2.45) is 5.73 Å². The summed E-state index contributed by atoms with van der Waals surface area (Å²) in [6.07, 6.45) is 0.821. The van der Waals surface area contributed by atoms with Crippen LogP contribution in [0, 0.1) is 0 Å². The maximum atomic E-state index is 11.3. The Bertz CT molecular complexity index is 466. The van der Waals surface area contributed by atoms with Gasteiger partial charge in [-0.2, -0.15) is 0 Å². The largest absolute Gasteiger partial charge is 0.324 e. The van der Waals surface area contributed by atoms with Gasteiger partial charge in [-0.05, 0) is 12.1 Å². The fraction of sp³-hybridized carbons (Fsp3) is 0.111. The van der Waals surface area contributed by atoms with Gasteiger partial charge in [0, 0.05) is 5.39 Å². The molecule has 2 aromatic rings. The second-order valence-corrected chi connectivity index (χ2v) is 5.14. The predicted molar refractivity (Wildman–Crippen MR) is 58.5 cm³/mol. The van der Waals surface area contributed by atoms with Gasteiger partial charge in [-0.25, -0.2) is 0 Å². The molecule has 2 aromatic heterocycles. The van der Waals surface area contributed by atoms with Crippen LogP contribution in [0.4, 0.5) is 0 Å². The van der Waals surface area contributed by atoms with Crippen LogP contribution in [0.15, 0.2) is 12.1 Å². The maximum absolute atomic E-state index is 11.3. The number of thiophene rings is 2. The summed E-state index contributed by atoms with van der Waals surface area (Å²) in [5.41, 5.74) is 5.26. The maximum Gasteiger partial charge on any atom is 0.186 e. The number of fused-ring (bicyclic) bond motifs is 1. The number of rotatable bonds is 3. The molecule has 0 bridgehead atoms. The minimum atomic E-state index is -0.0500. The third-order valence-corrected chi connectivity index (χ3v) is 4.17. The number of carbonyl (C=O) groups excluding carboxylic acids is 2. The number of hydrogen-bond donors (Lipinski definition) is 1. The Labute approximate surface area is 88.2 Å². The summed E-state index contributed by atoms with van der Waals surface area (Å²) in [4.78, 5) is 23.1. The first kappa shape index (κ1) is 9.51. The standard InChI is InChI=1S/C9H7NO2S2/c10-3-7(12)8-2-5-1-6(4-11)13-9(5)14-8/h1-2,4H,3,10H2. The molecule has 2 rings (SSSR count). The van der Waals surface area contributed by atoms with E-state index in [4.69, 9.17) is 5.73 Å². The lowest BCUT2D eigenvalue weighted by Gasteiger charge is -1.87. The zero-order valence-corrected chi connectivity index (χ0v) is 8.78. The van der Waals surface area contributed by atoms with Crippen molar-refractivity contribution in [2.45, 2.75) is 0 Å². The molecule has 0 aliphatic heterocycles. The Morgan fingerprint density at radius 2 is 2.21 bits per heavy atom. The molecule has 2 N–H and O–H groups in total. The number of ketones is 1. The highest BCUT2D eigenvalue weighted by molar-refractivity contribution is 7.39. The van der Waals surface area contributed by atoms with Crippen LogP contribution in [0.3, 0.4) is 0 Å². The van der Waals surface area contributed by atoms with Crippen LogP contribution in [-0.4, -0.2) is 18.6 Å². The van der Waals surface area contributed by atoms with Crippen molar-refractivity contribution in [2.75, 3.05) is 6.54 Å². The van der Waals surface area contributed by atoms with Crippen LogP contribution in [0.25, 0.3) is 9.40 Å². The minimum Gasteiger partial charge on any atom is -0.324 e. The molecule has 5 heteroatoms. The number of nitrogens with two attached hydrogens (primary N) is 1. The van der Waals surface area contributed by atoms with Gasteiger partial charge in [-0.1, -0.05) is 0 Å². The van der Waals surface area contributed by atoms with Crippen LogP contribution in [0.1, 0.15) is 19.3 Å². The van der Waals surface area contributed by atoms with E-state index in [1.165, 1.54) is 22.7 Å². The van der Waals surface area contributed by atoms with Gasteiger partial charge in [0.2, 0.25) is 0 Å². The van der Waals surface area contributed by atoms with Crippen LogP contribution < -0.4 is 5.73 Å². The van der Waals surface area contributed by atoms with Crippen molar-refractivity contribution in [3.63, 3.8) is 0 Å². The van der Waals surface area contributed by atoms with E-state index in [-0.39, 0.29) is 12.3 Å². The van der Waals surface area contributed by atoms with Crippen LogP contribution in [0.2, 0.25) is 0 Å². The van der Waals surface area contributed by atoms with Crippen molar-refractivity contribution in [3.05, 3.63) is 21.9 Å². The SMILES string of the molecule is NCC(=O)c1cc2cc(C=O)sc2s1. The zero-order chi connectivity index (χ0) is 10.1. The summed E-state index contributed by atoms with van der Waals surface area (Å²) >= 11 is 2.80. The summed E-state index contributed by atoms with van der Waals surface area (Å²) in [5, 5.41) is 0.957. The minimum absolute atomic E-state index is 0.0360. The van der Waals surface area contributed by atoms with Crippen LogP contribution >= 0.6 is 22.7 Å². The highest BCUT2D eigenvalue weighted by Gasteiger charge is 2.10. The van der Waals surface area contributed by atoms with E-state index in [9.17, 15) is 9.59 Å². The predicted octanol–water partition coefficient (Wildman–Crippen LogP) is 1.92. The van der Waals surface area contributed by atoms with E-state index in [0.717, 1.165) is 15.7 Å². The molecule has 0 atom stereocenters. The Balaban J connectivity index is 2.49. The molecule has 0 aromatic carbocycles. The fourth-order valence-electron chi connectivity index (χ4n) is 1.15. The Hall–Kier alpha value is -1.04. The number of aldehydes is 1. The Kier molecular flexibility index (Phi) is 2.45. The summed E-state index contributed by atoms with van der Waals surface area (Å²) < 4.78 is 1.00. The van der Waals surface area contributed by atoms with Gasteiger partial charge in [0.05, 0.1) is 20.3 Å². The average Bonchev–Trinajstić information content (AvgIpc) is 2.72. The highest BCUT2D eigenvalue weighted by atomic mass is 32.2. The topological polar surface area (TPSA) is 60.2 Å². The monoisotopic (exact) mass is 225 g/mol. The van der Waals surface area contributed by atoms with Gasteiger partial charge in [-0.15, -0.1) is 22.7 Å². The van der Waals surface area contributed by atoms with Gasteiger partial charge in [0.15, 0.2) is 12.1 Å². The summed E-state index contributed by atoms with van der Waals surface area (Å²) in [5.74, 6) is -0.0500. The molecule has 2 heterocycles. The van der Waals surface area contributed by atoms with Crippen LogP contribution in [-0.2, 0) is 0 Å². The molecule has 0 fully saturated rings. The molecule has 0 aliphatic carbocycles. The molecule has 0 radical (unpaired) electrons. The second-order valence-electron chi connectivity index (χ2n) is 2.75. The smallest absolute Gasteiger partial charge is 0.186 e. The normalized spacial score (nSPS) is 10.6. The Morgan fingerprint density at radius 3 is 2.79 bits per heavy atom. The van der Waals surface area contributed by atoms with E-state index in [2.05, 4.69) is 0 Å². The van der Waals surface area contributed by atoms with Crippen molar-refractivity contribution in [1.82, 2.24) is 0 Å². The Morgan fingerprint density at radius 1 is 1.43 bits per heavy atom. The molecule has 0 amide bonds. The van der Waals surface area contributed by atoms with E-state index in [0.29, 0.717) is 9.75 Å². The van der Waals surface area contributed by atoms with Crippen molar-refractivity contribution >= 4 is 44.1 Å². The highest BCUT2D eigenvalue weighted by Crippen LogP contribution is 2.32. The summed E-state index contributed by atoms with van der Waals surface area (Å²) in [7, 11) is 0. The quantitative estimate of drug-likeness (QED) is 0.641. The number of carbonyl (C=O) groups is 2. The van der Waals surface area contributed by atoms with Crippen molar-refractivity contribution in [3.8, 4) is 0 Å². The third-order valence-electron chi connectivity index (χ3n) is 1.81. The van der Waals surface area contributed by atoms with Gasteiger partial charge in [0.25, 0.3) is 0 Å². The lowest BCUT2D eigenvalue weighted by atomic mass is 10.3. The van der Waals surface area contributed by atoms with Gasteiger partial charge in [0.1, 0.15) is 0 Å². The van der Waals surface area contributed by atoms with Gasteiger partial charge >= 0.3 is 0 Å². The lowest BCUT2D eigenvalue weighted by molar-refractivity contribution is 0.100. The average molecular weight is 225 g/mol. The molecule has 0 spiro atoms. The molecule has 72 valence electrons. The summed E-state index contributed by atoms with van der Waals surface area (Å²) in [6.45, 7) is 0.0360. The fourth-order valence-corrected chi connectivity index (χ4v) is 3.38. The van der Waals surface area contributed by atoms with E-state index < -0.39 is 0 Å². The molecule has 0 saturated carbocycles. The molecular weight excluding hydrogens is 218 g/mol. The van der Waals surface area contributed by atoms with E-state index in [1.807, 2.05) is 0 Å². The molecular formula is C9H7NO2S2. The van der Waals surface area contributed by atoms with Crippen molar-refractivity contribution < 1.29 is 9.59 Å². The second kappa shape index (κ2) is 3.61. The summed E-state index contributed by atoms with van der Waals surface area (Å²) in [6, 6.07) is 3.58. The van der Waals surface area contributed by atoms with Crippen LogP contribution in [0.5, 0.6) is 0 Å². The number of hydrogen-bond acceptors (Lipinski definition) is 5. The lowest BCUT2D eigenvalue weighted by Crippen LogP contribution is -2.11. The van der Waals surface area contributed by atoms with Crippen molar-refractivity contribution in [1.29, 1.82) is 0 Å². The molecule has 0 saturated heterocycles. The van der Waals surface area contributed by atoms with E-state index >= 15 is 0 Å². The van der Waals surface area contributed by atoms with E-state index in [1.54, 1.807) is 12.1 Å². The first-order chi connectivity index (χ1) is 6.74. The molecule has 0 aliphatic rings. The first-order valence-corrected chi connectivity index (χ1v) is 5.59. The van der Waals surface area contributed by atoms with Gasteiger partial charge < -0.3 is 5.73 Å².